The Morgan fingerprint density at radius 3 is 1.69 bits per heavy atom. The maximum absolute atomic E-state index is 15.2. The smallest absolute Gasteiger partial charge is 0.272 e. The second kappa shape index (κ2) is 29.5. The number of amides is 5. The number of ketones is 1. The van der Waals surface area contributed by atoms with Crippen LogP contribution in [-0.2, 0) is 9.59 Å². The van der Waals surface area contributed by atoms with Gasteiger partial charge in [-0.3, -0.25) is 33.7 Å². The average molecular weight is 1190 g/mol. The van der Waals surface area contributed by atoms with Crippen LogP contribution in [0.5, 0.6) is 0 Å². The Morgan fingerprint density at radius 2 is 1.25 bits per heavy atom. The number of thiocarbonyl (C=S) groups is 1. The van der Waals surface area contributed by atoms with Crippen molar-refractivity contribution in [1.82, 2.24) is 26.3 Å². The van der Waals surface area contributed by atoms with E-state index in [1.54, 1.807) is 18.3 Å². The molecule has 25 heteroatoms. The van der Waals surface area contributed by atoms with E-state index in [-0.39, 0.29) is 56.8 Å². The molecule has 436 valence electrons. The fourth-order valence-corrected chi connectivity index (χ4v) is 7.90. The van der Waals surface area contributed by atoms with Crippen LogP contribution in [0.1, 0.15) is 117 Å². The Bertz CT molecular complexity index is 3870. The molecule has 19 nitrogen and oxygen atoms in total. The number of halogens is 4. The Morgan fingerprint density at radius 1 is 0.747 bits per heavy atom. The minimum absolute atomic E-state index is 0.00620. The maximum atomic E-state index is 15.2. The first-order valence-corrected chi connectivity index (χ1v) is 29.1. The molecule has 1 aromatic heterocycles. The Balaban J connectivity index is 0.000000267. The van der Waals surface area contributed by atoms with Gasteiger partial charge >= 0.3 is 0 Å². The van der Waals surface area contributed by atoms with Crippen molar-refractivity contribution in [1.29, 1.82) is 10.5 Å². The summed E-state index contributed by atoms with van der Waals surface area (Å²) in [5, 5.41) is 28.5. The van der Waals surface area contributed by atoms with Gasteiger partial charge in [-0.1, -0.05) is 26.2 Å². The van der Waals surface area contributed by atoms with Gasteiger partial charge in [-0.05, 0) is 148 Å². The summed E-state index contributed by atoms with van der Waals surface area (Å²) in [6.07, 6.45) is 7.58. The lowest BCUT2D eigenvalue weighted by atomic mass is 9.75. The van der Waals surface area contributed by atoms with Crippen LogP contribution >= 0.6 is 12.2 Å². The van der Waals surface area contributed by atoms with Crippen LogP contribution in [0, 0.1) is 59.1 Å². The zero-order chi connectivity index (χ0) is 69.7. The van der Waals surface area contributed by atoms with Crippen molar-refractivity contribution < 1.29 is 58.7 Å². The minimum Gasteiger partial charge on any atom is -0.399 e. The van der Waals surface area contributed by atoms with E-state index < -0.39 is 109 Å². The minimum atomic E-state index is -2.89. The van der Waals surface area contributed by atoms with Crippen LogP contribution < -0.4 is 47.9 Å². The van der Waals surface area contributed by atoms with Crippen molar-refractivity contribution in [3.8, 4) is 11.8 Å². The molecule has 83 heavy (non-hydrogen) atoms. The van der Waals surface area contributed by atoms with Gasteiger partial charge in [0, 0.05) is 73.5 Å². The molecule has 1 saturated heterocycles. The van der Waals surface area contributed by atoms with Gasteiger partial charge in [-0.15, -0.1) is 4.98 Å². The maximum Gasteiger partial charge on any atom is 0.272 e. The number of benzene rings is 4. The molecule has 0 radical (unpaired) electrons. The average Bonchev–Trinajstić information content (AvgIpc) is 1.53. The number of rotatable bonds is 8. The molecule has 9 N–H and O–H groups in total. The summed E-state index contributed by atoms with van der Waals surface area (Å²) >= 11 is 5.58. The highest BCUT2D eigenvalue weighted by atomic mass is 32.1. The number of Topliss-reactive ketones (excluding diaryl/α,β-unsaturated/α-hetero) is 1. The highest BCUT2D eigenvalue weighted by Crippen LogP contribution is 2.48. The van der Waals surface area contributed by atoms with Crippen molar-refractivity contribution in [2.75, 3.05) is 54.7 Å². The summed E-state index contributed by atoms with van der Waals surface area (Å²) in [5.41, 5.74) is 9.80. The molecule has 5 aromatic rings. The molecule has 1 spiro atoms. The van der Waals surface area contributed by atoms with Crippen LogP contribution in [0.25, 0.3) is 4.85 Å². The van der Waals surface area contributed by atoms with Crippen LogP contribution in [0.2, 0.25) is 19.6 Å². The molecule has 4 fully saturated rings. The molecular formula is C58H65F4N13O6SSi. The number of carbonyl (C=O) groups excluding carboxylic acids is 6. The van der Waals surface area contributed by atoms with E-state index in [0.29, 0.717) is 54.8 Å². The normalized spacial score (nSPS) is 16.2. The SMILES string of the molecule is CNC(=O)c1ccc(N)cc1F.C[Si](C)(C)C#N.O=C1CCC1.[2H]c1cc(C(=O)NC([2H])([2H])[2H])c(F)c([2H])c1N1C(=S)N(c2cnc([N+]#[C-])c(C)c2)C(=O)C12CCC2.[2H]c1cc(C(=O)NC)c(F)c([2H])c1N.[2H]c1cc(C(=O)NC)c(F)c([2H])c1NC1(C#N)CCC1. The predicted octanol–water partition coefficient (Wildman–Crippen LogP) is 9.21. The number of pyridine rings is 1. The molecular weight excluding hydrogens is 1110 g/mol. The third-order valence-corrected chi connectivity index (χ3v) is 13.6. The van der Waals surface area contributed by atoms with E-state index in [0.717, 1.165) is 49.9 Å². The zero-order valence-electron chi connectivity index (χ0n) is 55.2. The van der Waals surface area contributed by atoms with E-state index in [4.69, 9.17) is 53.1 Å². The fourth-order valence-electron chi connectivity index (χ4n) is 7.45. The van der Waals surface area contributed by atoms with Crippen LogP contribution in [0.3, 0.4) is 0 Å². The molecule has 3 aliphatic carbocycles. The first kappa shape index (κ1) is 53.1. The number of nitrogens with one attached hydrogen (secondary N) is 5. The number of hydrogen-bond acceptors (Lipinski definition) is 13. The summed E-state index contributed by atoms with van der Waals surface area (Å²) < 4.78 is 124. The van der Waals surface area contributed by atoms with Gasteiger partial charge in [0.1, 0.15) is 46.3 Å². The number of anilines is 5. The van der Waals surface area contributed by atoms with Crippen molar-refractivity contribution in [2.45, 2.75) is 95.4 Å². The molecule has 5 amide bonds. The molecule has 0 unspecified atom stereocenters. The van der Waals surface area contributed by atoms with Crippen molar-refractivity contribution in [3.05, 3.63) is 147 Å². The lowest BCUT2D eigenvalue weighted by molar-refractivity contribution is -0.124. The second-order valence-electron chi connectivity index (χ2n) is 19.5. The van der Waals surface area contributed by atoms with Crippen molar-refractivity contribution >= 4 is 95.0 Å². The van der Waals surface area contributed by atoms with Gasteiger partial charge in [-0.25, -0.2) is 22.8 Å². The van der Waals surface area contributed by atoms with Crippen LogP contribution in [0.15, 0.2) is 84.9 Å². The van der Waals surface area contributed by atoms with Gasteiger partial charge in [0.25, 0.3) is 35.4 Å². The lowest BCUT2D eigenvalue weighted by Crippen LogP contribution is -2.55. The molecule has 3 saturated carbocycles. The number of aromatic nitrogens is 1. The molecule has 4 aromatic carbocycles. The summed E-state index contributed by atoms with van der Waals surface area (Å²) in [5.74, 6) is -6.86. The molecule has 9 rings (SSSR count). The number of aryl methyl sites for hydroxylation is 1. The molecule has 2 heterocycles. The lowest BCUT2D eigenvalue weighted by Gasteiger charge is -2.43. The van der Waals surface area contributed by atoms with Crippen LogP contribution in [-0.4, -0.2) is 92.7 Å². The van der Waals surface area contributed by atoms with E-state index >= 15 is 4.39 Å². The van der Waals surface area contributed by atoms with Gasteiger partial charge in [0.2, 0.25) is 0 Å². The number of hydrogen-bond donors (Lipinski definition) is 7. The summed E-state index contributed by atoms with van der Waals surface area (Å²) in [6, 6.07) is 7.63. The number of nitriles is 2. The number of nitrogens with zero attached hydrogens (tertiary/aromatic N) is 6. The van der Waals surface area contributed by atoms with Crippen molar-refractivity contribution in [3.63, 3.8) is 0 Å². The van der Waals surface area contributed by atoms with Gasteiger partial charge < -0.3 is 47.8 Å². The highest BCUT2D eigenvalue weighted by Gasteiger charge is 2.60. The number of nitrogens with two attached hydrogens (primary N) is 2. The summed E-state index contributed by atoms with van der Waals surface area (Å²) in [7, 11) is 2.80. The van der Waals surface area contributed by atoms with Crippen LogP contribution in [0.4, 0.5) is 51.8 Å². The third-order valence-electron chi connectivity index (χ3n) is 12.5. The third kappa shape index (κ3) is 16.9. The van der Waals surface area contributed by atoms with Gasteiger partial charge in [0.05, 0.1) is 42.2 Å². The van der Waals surface area contributed by atoms with E-state index in [1.807, 2.05) is 19.6 Å². The first-order chi connectivity index (χ1) is 42.8. The largest absolute Gasteiger partial charge is 0.399 e. The molecule has 0 bridgehead atoms. The van der Waals surface area contributed by atoms with E-state index in [2.05, 4.69) is 42.9 Å². The monoisotopic (exact) mass is 1180 g/mol. The summed E-state index contributed by atoms with van der Waals surface area (Å²) in [4.78, 5) is 79.1. The summed E-state index contributed by atoms with van der Waals surface area (Å²) in [6.45, 7) is 12.0. The van der Waals surface area contributed by atoms with E-state index in [1.165, 1.54) is 49.3 Å². The highest BCUT2D eigenvalue weighted by molar-refractivity contribution is 7.81. The molecule has 0 atom stereocenters. The standard InChI is InChI=1S/C21H18FN5O2S.C13H14FN3O.2C8H9FN2O.C4H9NSi.C4H6O/c1-12-9-14(11-25-17(12)23-2)26-19(29)21(7-4-8-21)27(20(26)30)13-5-6-15(16(22)10-13)18(28)24-3;1-16-12(18)10-4-3-9(7-11(10)14)17-13(8-15)5-2-6-13;2*1-11-8(12)6-3-2-5(10)4-7(6)9;1-6(2,3)4-5;5-4-2-1-3-4/h5-6,9-11H,4,7-8H2,1,3H3,(H,24,28);3-4,7,17H,2,5-6H2,1H3,(H,16,18);2*2-4H,10H2,1H3,(H,11,12);1-3H3;1-3H2/i3D3,5D,10D;3D,7D;2D,4D;;;. The second-order valence-corrected chi connectivity index (χ2v) is 24.6. The fraction of sp³-hybridized carbons (Fsp3) is 0.328. The Labute approximate surface area is 498 Å². The Kier molecular flexibility index (Phi) is 18.8. The molecule has 1 aliphatic heterocycles. The van der Waals surface area contributed by atoms with E-state index in [9.17, 15) is 41.9 Å². The zero-order valence-corrected chi connectivity index (χ0v) is 48.0. The number of nitrogen functional groups attached to an aromatic ring is 2. The van der Waals surface area contributed by atoms with Crippen molar-refractivity contribution in [2.24, 2.45) is 0 Å². The van der Waals surface area contributed by atoms with Gasteiger partial charge in [-0.2, -0.15) is 5.26 Å². The Hall–Kier alpha value is -9.25. The van der Waals surface area contributed by atoms with Gasteiger partial charge in [0.15, 0.2) is 13.2 Å². The first-order valence-electron chi connectivity index (χ1n) is 29.7. The quantitative estimate of drug-likeness (QED) is 0.0251. The topological polar surface area (TPSA) is 286 Å². The number of carbonyl (C=O) groups is 6. The molecule has 4 aliphatic rings. The predicted molar refractivity (Wildman–Crippen MR) is 316 cm³/mol.